The maximum Gasteiger partial charge on any atom is 0.171 e. The quantitative estimate of drug-likeness (QED) is 0.806. The van der Waals surface area contributed by atoms with E-state index in [1.165, 1.54) is 11.1 Å². The van der Waals surface area contributed by atoms with Gasteiger partial charge in [0.05, 0.1) is 13.2 Å². The molecule has 0 radical (unpaired) electrons. The SMILES string of the molecule is Cc1ccc(C2CC3(CCN2)OCCO3)cc1. The van der Waals surface area contributed by atoms with Gasteiger partial charge in [0.1, 0.15) is 0 Å². The number of nitrogens with one attached hydrogen (secondary N) is 1. The number of ether oxygens (including phenoxy) is 2. The predicted molar refractivity (Wildman–Crippen MR) is 65.8 cm³/mol. The number of aryl methyl sites for hydroxylation is 1. The van der Waals surface area contributed by atoms with Crippen molar-refractivity contribution >= 4 is 0 Å². The number of piperidine rings is 1. The maximum absolute atomic E-state index is 5.79. The number of hydrogen-bond acceptors (Lipinski definition) is 3. The zero-order valence-corrected chi connectivity index (χ0v) is 10.2. The lowest BCUT2D eigenvalue weighted by Crippen LogP contribution is -2.44. The third-order valence-electron chi connectivity index (χ3n) is 3.71. The van der Waals surface area contributed by atoms with E-state index in [-0.39, 0.29) is 5.79 Å². The first kappa shape index (κ1) is 11.2. The van der Waals surface area contributed by atoms with Gasteiger partial charge in [-0.1, -0.05) is 29.8 Å². The fourth-order valence-corrected chi connectivity index (χ4v) is 2.72. The standard InChI is InChI=1S/C14H19NO2/c1-11-2-4-12(5-3-11)13-10-14(6-7-15-13)16-8-9-17-14/h2-5,13,15H,6-10H2,1H3. The van der Waals surface area contributed by atoms with Gasteiger partial charge in [-0.25, -0.2) is 0 Å². The number of hydrogen-bond donors (Lipinski definition) is 1. The van der Waals surface area contributed by atoms with Gasteiger partial charge in [0.25, 0.3) is 0 Å². The van der Waals surface area contributed by atoms with Crippen molar-refractivity contribution in [2.24, 2.45) is 0 Å². The summed E-state index contributed by atoms with van der Waals surface area (Å²) in [5.74, 6) is -0.319. The van der Waals surface area contributed by atoms with Crippen molar-refractivity contribution in [1.29, 1.82) is 0 Å². The fourth-order valence-electron chi connectivity index (χ4n) is 2.72. The molecule has 2 heterocycles. The van der Waals surface area contributed by atoms with Gasteiger partial charge < -0.3 is 14.8 Å². The second-order valence-corrected chi connectivity index (χ2v) is 4.98. The highest BCUT2D eigenvalue weighted by Crippen LogP contribution is 2.36. The average molecular weight is 233 g/mol. The molecule has 92 valence electrons. The lowest BCUT2D eigenvalue weighted by atomic mass is 9.92. The minimum absolute atomic E-state index is 0.319. The van der Waals surface area contributed by atoms with Crippen molar-refractivity contribution in [1.82, 2.24) is 5.32 Å². The molecule has 0 aromatic heterocycles. The Balaban J connectivity index is 1.77. The molecule has 0 aliphatic carbocycles. The molecule has 3 nitrogen and oxygen atoms in total. The summed E-state index contributed by atoms with van der Waals surface area (Å²) in [6.45, 7) is 4.54. The first-order valence-corrected chi connectivity index (χ1v) is 6.35. The van der Waals surface area contributed by atoms with Crippen molar-refractivity contribution < 1.29 is 9.47 Å². The molecule has 0 bridgehead atoms. The first-order chi connectivity index (χ1) is 8.27. The Bertz CT molecular complexity index is 382. The van der Waals surface area contributed by atoms with Crippen molar-refractivity contribution in [2.45, 2.75) is 31.6 Å². The van der Waals surface area contributed by atoms with Crippen LogP contribution in [0.5, 0.6) is 0 Å². The monoisotopic (exact) mass is 233 g/mol. The molecule has 1 N–H and O–H groups in total. The average Bonchev–Trinajstić information content (AvgIpc) is 2.78. The van der Waals surface area contributed by atoms with Gasteiger partial charge in [-0.3, -0.25) is 0 Å². The molecule has 1 unspecified atom stereocenters. The number of benzene rings is 1. The zero-order chi connectivity index (χ0) is 11.7. The lowest BCUT2D eigenvalue weighted by molar-refractivity contribution is -0.180. The maximum atomic E-state index is 5.79. The Morgan fingerprint density at radius 3 is 2.59 bits per heavy atom. The summed E-state index contributed by atoms with van der Waals surface area (Å²) in [5.41, 5.74) is 2.63. The van der Waals surface area contributed by atoms with Gasteiger partial charge in [-0.05, 0) is 12.5 Å². The summed E-state index contributed by atoms with van der Waals surface area (Å²) in [7, 11) is 0. The van der Waals surface area contributed by atoms with Crippen LogP contribution in [-0.2, 0) is 9.47 Å². The largest absolute Gasteiger partial charge is 0.347 e. The number of rotatable bonds is 1. The Hall–Kier alpha value is -0.900. The highest BCUT2D eigenvalue weighted by molar-refractivity contribution is 5.24. The van der Waals surface area contributed by atoms with E-state index in [4.69, 9.17) is 9.47 Å². The van der Waals surface area contributed by atoms with Crippen LogP contribution in [0.3, 0.4) is 0 Å². The van der Waals surface area contributed by atoms with Crippen LogP contribution in [0.1, 0.15) is 30.0 Å². The molecule has 1 aromatic carbocycles. The smallest absolute Gasteiger partial charge is 0.171 e. The third-order valence-corrected chi connectivity index (χ3v) is 3.71. The summed E-state index contributed by atoms with van der Waals surface area (Å²) >= 11 is 0. The molecule has 3 rings (SSSR count). The molecule has 2 aliphatic rings. The molecular weight excluding hydrogens is 214 g/mol. The van der Waals surface area contributed by atoms with Crippen molar-refractivity contribution in [2.75, 3.05) is 19.8 Å². The summed E-state index contributed by atoms with van der Waals surface area (Å²) in [6.07, 6.45) is 1.87. The van der Waals surface area contributed by atoms with Crippen LogP contribution in [-0.4, -0.2) is 25.5 Å². The van der Waals surface area contributed by atoms with Crippen molar-refractivity contribution in [3.05, 3.63) is 35.4 Å². The Labute approximate surface area is 102 Å². The van der Waals surface area contributed by atoms with E-state index in [2.05, 4.69) is 36.5 Å². The van der Waals surface area contributed by atoms with Crippen LogP contribution in [0.25, 0.3) is 0 Å². The van der Waals surface area contributed by atoms with Gasteiger partial charge in [0.2, 0.25) is 0 Å². The Kier molecular flexibility index (Phi) is 2.90. The van der Waals surface area contributed by atoms with Crippen molar-refractivity contribution in [3.8, 4) is 0 Å². The summed E-state index contributed by atoms with van der Waals surface area (Å²) < 4.78 is 11.6. The van der Waals surface area contributed by atoms with Crippen LogP contribution < -0.4 is 5.32 Å². The van der Waals surface area contributed by atoms with Crippen molar-refractivity contribution in [3.63, 3.8) is 0 Å². The second-order valence-electron chi connectivity index (χ2n) is 4.98. The molecule has 0 saturated carbocycles. The second kappa shape index (κ2) is 4.41. The molecule has 17 heavy (non-hydrogen) atoms. The van der Waals surface area contributed by atoms with Crippen LogP contribution >= 0.6 is 0 Å². The molecule has 3 heteroatoms. The summed E-state index contributed by atoms with van der Waals surface area (Å²) in [4.78, 5) is 0. The van der Waals surface area contributed by atoms with Gasteiger partial charge >= 0.3 is 0 Å². The van der Waals surface area contributed by atoms with Crippen LogP contribution in [0.2, 0.25) is 0 Å². The molecule has 1 aromatic rings. The molecule has 1 spiro atoms. The molecular formula is C14H19NO2. The van der Waals surface area contributed by atoms with Gasteiger partial charge in [-0.15, -0.1) is 0 Å². The minimum Gasteiger partial charge on any atom is -0.347 e. The molecule has 2 saturated heterocycles. The van der Waals surface area contributed by atoms with E-state index in [1.54, 1.807) is 0 Å². The Morgan fingerprint density at radius 2 is 1.88 bits per heavy atom. The van der Waals surface area contributed by atoms with E-state index in [9.17, 15) is 0 Å². The summed E-state index contributed by atoms with van der Waals surface area (Å²) in [6, 6.07) is 9.06. The van der Waals surface area contributed by atoms with Gasteiger partial charge in [-0.2, -0.15) is 0 Å². The van der Waals surface area contributed by atoms with Crippen LogP contribution in [0.4, 0.5) is 0 Å². The molecule has 2 aliphatic heterocycles. The van der Waals surface area contributed by atoms with Gasteiger partial charge in [0.15, 0.2) is 5.79 Å². The van der Waals surface area contributed by atoms with Crippen LogP contribution in [0.15, 0.2) is 24.3 Å². The normalized spacial score (nSPS) is 27.5. The molecule has 1 atom stereocenters. The highest BCUT2D eigenvalue weighted by atomic mass is 16.7. The Morgan fingerprint density at radius 1 is 1.18 bits per heavy atom. The lowest BCUT2D eigenvalue weighted by Gasteiger charge is -2.37. The van der Waals surface area contributed by atoms with Crippen LogP contribution in [0, 0.1) is 6.92 Å². The van der Waals surface area contributed by atoms with E-state index in [1.807, 2.05) is 0 Å². The van der Waals surface area contributed by atoms with E-state index >= 15 is 0 Å². The van der Waals surface area contributed by atoms with Gasteiger partial charge in [0, 0.05) is 25.4 Å². The predicted octanol–water partition coefficient (Wildman–Crippen LogP) is 2.16. The van der Waals surface area contributed by atoms with E-state index in [0.717, 1.165) is 32.6 Å². The summed E-state index contributed by atoms with van der Waals surface area (Å²) in [5, 5.41) is 3.55. The minimum atomic E-state index is -0.319. The third kappa shape index (κ3) is 2.23. The topological polar surface area (TPSA) is 30.5 Å². The molecule has 0 amide bonds. The van der Waals surface area contributed by atoms with E-state index < -0.39 is 0 Å². The first-order valence-electron chi connectivity index (χ1n) is 6.35. The highest BCUT2D eigenvalue weighted by Gasteiger charge is 2.41. The molecule has 2 fully saturated rings. The fraction of sp³-hybridized carbons (Fsp3) is 0.571. The van der Waals surface area contributed by atoms with E-state index in [0.29, 0.717) is 6.04 Å². The zero-order valence-electron chi connectivity index (χ0n) is 10.2.